The molecule has 4 rings (SSSR count). The molecule has 0 unspecified atom stereocenters. The molecule has 0 saturated carbocycles. The van der Waals surface area contributed by atoms with E-state index in [-0.39, 0.29) is 12.2 Å². The second kappa shape index (κ2) is 8.97. The first-order valence-electron chi connectivity index (χ1n) is 9.22. The summed E-state index contributed by atoms with van der Waals surface area (Å²) in [5, 5.41) is 2.51. The molecule has 2 aromatic heterocycles. The molecule has 0 radical (unpaired) electrons. The average molecular weight is 532 g/mol. The molecule has 0 fully saturated rings. The van der Waals surface area contributed by atoms with E-state index in [1.165, 1.54) is 11.3 Å². The van der Waals surface area contributed by atoms with Gasteiger partial charge in [0.2, 0.25) is 0 Å². The van der Waals surface area contributed by atoms with Crippen molar-refractivity contribution in [2.75, 3.05) is 13.2 Å². The van der Waals surface area contributed by atoms with Gasteiger partial charge in [-0.2, -0.15) is 0 Å². The van der Waals surface area contributed by atoms with Crippen LogP contribution in [-0.4, -0.2) is 28.7 Å². The second-order valence-corrected chi connectivity index (χ2v) is 8.50. The minimum Gasteiger partial charge on any atom is -0.482 e. The van der Waals surface area contributed by atoms with Crippen molar-refractivity contribution in [2.45, 2.75) is 6.92 Å². The Morgan fingerprint density at radius 2 is 1.97 bits per heavy atom. The van der Waals surface area contributed by atoms with E-state index in [0.717, 1.165) is 8.45 Å². The highest BCUT2D eigenvalue weighted by molar-refractivity contribution is 14.1. The van der Waals surface area contributed by atoms with Crippen molar-refractivity contribution in [1.82, 2.24) is 9.55 Å². The van der Waals surface area contributed by atoms with Gasteiger partial charge in [0.15, 0.2) is 12.4 Å². The van der Waals surface area contributed by atoms with Crippen LogP contribution in [0.25, 0.3) is 27.3 Å². The van der Waals surface area contributed by atoms with Gasteiger partial charge in [0, 0.05) is 3.57 Å². The number of halogens is 1. The number of carbonyl (C=O) groups excluding carboxylic acids is 1. The number of nitrogens with zero attached hydrogens (tertiary/aromatic N) is 2. The molecular formula is C22H17IN2O4S. The fraction of sp³-hybridized carbons (Fsp3) is 0.136. The molecule has 2 heterocycles. The lowest BCUT2D eigenvalue weighted by molar-refractivity contribution is -0.145. The second-order valence-electron chi connectivity index (χ2n) is 6.30. The summed E-state index contributed by atoms with van der Waals surface area (Å²) in [5.41, 5.74) is 1.19. The van der Waals surface area contributed by atoms with Crippen LogP contribution in [-0.2, 0) is 9.53 Å². The monoisotopic (exact) mass is 532 g/mol. The fourth-order valence-corrected chi connectivity index (χ4v) is 4.20. The minimum atomic E-state index is -0.425. The first kappa shape index (κ1) is 20.5. The van der Waals surface area contributed by atoms with Gasteiger partial charge in [0.25, 0.3) is 5.56 Å². The van der Waals surface area contributed by atoms with E-state index in [2.05, 4.69) is 22.6 Å². The van der Waals surface area contributed by atoms with Crippen LogP contribution in [0.5, 0.6) is 5.75 Å². The first-order chi connectivity index (χ1) is 14.6. The number of benzene rings is 2. The molecule has 0 N–H and O–H groups in total. The highest BCUT2D eigenvalue weighted by Gasteiger charge is 2.16. The third-order valence-electron chi connectivity index (χ3n) is 4.33. The molecule has 2 aromatic carbocycles. The highest BCUT2D eigenvalue weighted by atomic mass is 127. The maximum atomic E-state index is 13.4. The summed E-state index contributed by atoms with van der Waals surface area (Å²) in [6, 6.07) is 16.5. The number of thiophene rings is 1. The van der Waals surface area contributed by atoms with Gasteiger partial charge in [-0.25, -0.2) is 9.78 Å². The molecule has 30 heavy (non-hydrogen) atoms. The van der Waals surface area contributed by atoms with Crippen molar-refractivity contribution < 1.29 is 14.3 Å². The normalized spacial score (nSPS) is 10.9. The number of carbonyl (C=O) groups is 1. The quantitative estimate of drug-likeness (QED) is 0.267. The molecule has 0 aliphatic heterocycles. The predicted molar refractivity (Wildman–Crippen MR) is 125 cm³/mol. The van der Waals surface area contributed by atoms with Crippen LogP contribution < -0.4 is 10.3 Å². The molecule has 8 heteroatoms. The molecule has 0 spiro atoms. The number of hydrogen-bond acceptors (Lipinski definition) is 6. The van der Waals surface area contributed by atoms with Crippen LogP contribution in [0.15, 0.2) is 64.8 Å². The molecule has 6 nitrogen and oxygen atoms in total. The zero-order valence-electron chi connectivity index (χ0n) is 16.0. The van der Waals surface area contributed by atoms with Crippen LogP contribution in [0.4, 0.5) is 0 Å². The van der Waals surface area contributed by atoms with Crippen molar-refractivity contribution in [3.05, 3.63) is 73.9 Å². The van der Waals surface area contributed by atoms with Gasteiger partial charge >= 0.3 is 5.97 Å². The maximum Gasteiger partial charge on any atom is 0.344 e. The topological polar surface area (TPSA) is 70.4 Å². The Labute approximate surface area is 190 Å². The Balaban J connectivity index is 1.77. The van der Waals surface area contributed by atoms with Crippen molar-refractivity contribution in [1.29, 1.82) is 0 Å². The third-order valence-corrected chi connectivity index (χ3v) is 5.87. The van der Waals surface area contributed by atoms with Gasteiger partial charge in [0.1, 0.15) is 5.75 Å². The third kappa shape index (κ3) is 4.24. The number of esters is 1. The van der Waals surface area contributed by atoms with Gasteiger partial charge in [-0.1, -0.05) is 6.07 Å². The molecule has 0 aliphatic rings. The Hall–Kier alpha value is -2.72. The average Bonchev–Trinajstić information content (AvgIpc) is 3.28. The van der Waals surface area contributed by atoms with Crippen LogP contribution in [0.3, 0.4) is 0 Å². The van der Waals surface area contributed by atoms with E-state index in [9.17, 15) is 9.59 Å². The highest BCUT2D eigenvalue weighted by Crippen LogP contribution is 2.27. The van der Waals surface area contributed by atoms with Gasteiger partial charge in [-0.15, -0.1) is 11.3 Å². The Bertz CT molecular complexity index is 1250. The molecule has 4 aromatic rings. The number of rotatable bonds is 6. The lowest BCUT2D eigenvalue weighted by Crippen LogP contribution is -2.22. The first-order valence-corrected chi connectivity index (χ1v) is 11.2. The predicted octanol–water partition coefficient (Wildman–Crippen LogP) is 4.66. The zero-order chi connectivity index (χ0) is 21.1. The number of aromatic nitrogens is 2. The van der Waals surface area contributed by atoms with Crippen LogP contribution >= 0.6 is 33.9 Å². The van der Waals surface area contributed by atoms with Gasteiger partial charge in [-0.05, 0) is 83.4 Å². The standard InChI is InChI=1S/C22H17IN2O4S/c1-2-28-20(26)13-29-16-8-6-15(7-9-16)25-21(19-4-3-11-30-19)24-18-10-5-14(23)12-17(18)22(25)27/h3-12H,2,13H2,1H3. The lowest BCUT2D eigenvalue weighted by Gasteiger charge is -2.13. The van der Waals surface area contributed by atoms with E-state index in [1.807, 2.05) is 35.7 Å². The smallest absolute Gasteiger partial charge is 0.344 e. The Morgan fingerprint density at radius 3 is 2.67 bits per heavy atom. The minimum absolute atomic E-state index is 0.137. The van der Waals surface area contributed by atoms with E-state index in [1.54, 1.807) is 35.8 Å². The Kier molecular flexibility index (Phi) is 6.14. The SMILES string of the molecule is CCOC(=O)COc1ccc(-n2c(-c3cccs3)nc3ccc(I)cc3c2=O)cc1. The molecule has 0 aliphatic carbocycles. The summed E-state index contributed by atoms with van der Waals surface area (Å²) < 4.78 is 12.9. The Morgan fingerprint density at radius 1 is 1.17 bits per heavy atom. The largest absolute Gasteiger partial charge is 0.482 e. The van der Waals surface area contributed by atoms with Crippen LogP contribution in [0.1, 0.15) is 6.92 Å². The summed E-state index contributed by atoms with van der Waals surface area (Å²) in [6.07, 6.45) is 0. The number of ether oxygens (including phenoxy) is 2. The van der Waals surface area contributed by atoms with Crippen molar-refractivity contribution in [3.8, 4) is 22.1 Å². The van der Waals surface area contributed by atoms with E-state index in [4.69, 9.17) is 14.5 Å². The van der Waals surface area contributed by atoms with Gasteiger partial charge < -0.3 is 9.47 Å². The maximum absolute atomic E-state index is 13.4. The lowest BCUT2D eigenvalue weighted by atomic mass is 10.2. The van der Waals surface area contributed by atoms with Crippen LogP contribution in [0.2, 0.25) is 0 Å². The van der Waals surface area contributed by atoms with Crippen molar-refractivity contribution in [3.63, 3.8) is 0 Å². The summed E-state index contributed by atoms with van der Waals surface area (Å²) in [6.45, 7) is 1.89. The molecule has 152 valence electrons. The van der Waals surface area contributed by atoms with Gasteiger partial charge in [-0.3, -0.25) is 9.36 Å². The van der Waals surface area contributed by atoms with E-state index >= 15 is 0 Å². The van der Waals surface area contributed by atoms with E-state index < -0.39 is 5.97 Å². The molecule has 0 atom stereocenters. The van der Waals surface area contributed by atoms with Crippen molar-refractivity contribution in [2.24, 2.45) is 0 Å². The molecular weight excluding hydrogens is 515 g/mol. The summed E-state index contributed by atoms with van der Waals surface area (Å²) in [5.74, 6) is 0.677. The molecule has 0 bridgehead atoms. The fourth-order valence-electron chi connectivity index (χ4n) is 3.00. The van der Waals surface area contributed by atoms with Crippen LogP contribution in [0, 0.1) is 3.57 Å². The van der Waals surface area contributed by atoms with Gasteiger partial charge in [0.05, 0.1) is 28.1 Å². The molecule has 0 saturated heterocycles. The zero-order valence-corrected chi connectivity index (χ0v) is 19.0. The summed E-state index contributed by atoms with van der Waals surface area (Å²) in [7, 11) is 0. The number of fused-ring (bicyclic) bond motifs is 1. The molecule has 0 amide bonds. The summed E-state index contributed by atoms with van der Waals surface area (Å²) >= 11 is 3.71. The van der Waals surface area contributed by atoms with Crippen molar-refractivity contribution >= 4 is 50.8 Å². The van der Waals surface area contributed by atoms with E-state index in [0.29, 0.717) is 34.8 Å². The summed E-state index contributed by atoms with van der Waals surface area (Å²) in [4.78, 5) is 30.6. The number of hydrogen-bond donors (Lipinski definition) is 0.